The standard InChI is InChI=1S/C22H22N2O4/c1-15(25)28-20-8-4-7-17(14-20)22(27)24-19-11-9-18(10-12-19)23-21(26)13-16-5-2-3-6-16/h4,7-14H,2-3,5-6H2,1H3,(H,23,26)(H,24,27). The Morgan fingerprint density at radius 1 is 0.929 bits per heavy atom. The Hall–Kier alpha value is -3.41. The molecule has 2 aromatic carbocycles. The minimum absolute atomic E-state index is 0.129. The minimum Gasteiger partial charge on any atom is -0.427 e. The van der Waals surface area contributed by atoms with Crippen molar-refractivity contribution in [3.63, 3.8) is 0 Å². The van der Waals surface area contributed by atoms with Crippen LogP contribution in [0.2, 0.25) is 0 Å². The molecule has 3 rings (SSSR count). The summed E-state index contributed by atoms with van der Waals surface area (Å²) in [7, 11) is 0. The lowest BCUT2D eigenvalue weighted by molar-refractivity contribution is -0.131. The van der Waals surface area contributed by atoms with Crippen molar-refractivity contribution >= 4 is 29.2 Å². The molecule has 0 atom stereocenters. The van der Waals surface area contributed by atoms with E-state index in [1.807, 2.05) is 0 Å². The lowest BCUT2D eigenvalue weighted by Gasteiger charge is -2.08. The first-order valence-electron chi connectivity index (χ1n) is 9.20. The number of ether oxygens (including phenoxy) is 1. The molecule has 2 amide bonds. The van der Waals surface area contributed by atoms with Crippen molar-refractivity contribution in [3.8, 4) is 5.75 Å². The van der Waals surface area contributed by atoms with Crippen LogP contribution in [0.1, 0.15) is 43.0 Å². The van der Waals surface area contributed by atoms with Crippen LogP contribution >= 0.6 is 0 Å². The average molecular weight is 378 g/mol. The summed E-state index contributed by atoms with van der Waals surface area (Å²) in [5, 5.41) is 5.60. The molecule has 0 bridgehead atoms. The average Bonchev–Trinajstić information content (AvgIpc) is 3.16. The highest BCUT2D eigenvalue weighted by atomic mass is 16.5. The van der Waals surface area contributed by atoms with Gasteiger partial charge in [-0.2, -0.15) is 0 Å². The van der Waals surface area contributed by atoms with Gasteiger partial charge in [0.15, 0.2) is 0 Å². The second-order valence-corrected chi connectivity index (χ2v) is 6.65. The van der Waals surface area contributed by atoms with Crippen LogP contribution in [0.25, 0.3) is 0 Å². The molecule has 1 aliphatic carbocycles. The molecule has 0 spiro atoms. The molecule has 6 heteroatoms. The number of hydrogen-bond donors (Lipinski definition) is 2. The van der Waals surface area contributed by atoms with E-state index in [0.29, 0.717) is 22.7 Å². The summed E-state index contributed by atoms with van der Waals surface area (Å²) in [6, 6.07) is 13.3. The van der Waals surface area contributed by atoms with Crippen LogP contribution in [0.4, 0.5) is 11.4 Å². The van der Waals surface area contributed by atoms with E-state index in [9.17, 15) is 14.4 Å². The minimum atomic E-state index is -0.446. The van der Waals surface area contributed by atoms with Crippen LogP contribution in [0.15, 0.2) is 60.2 Å². The number of nitrogens with one attached hydrogen (secondary N) is 2. The summed E-state index contributed by atoms with van der Waals surface area (Å²) in [4.78, 5) is 35.4. The SMILES string of the molecule is CC(=O)Oc1cccc(C(=O)Nc2ccc(NC(=O)C=C3CCCC3)cc2)c1. The van der Waals surface area contributed by atoms with Crippen LogP contribution in [-0.4, -0.2) is 17.8 Å². The third kappa shape index (κ3) is 5.54. The maximum absolute atomic E-state index is 12.4. The second-order valence-electron chi connectivity index (χ2n) is 6.65. The number of carbonyl (C=O) groups is 3. The first-order chi connectivity index (χ1) is 13.5. The zero-order valence-corrected chi connectivity index (χ0v) is 15.7. The number of carbonyl (C=O) groups excluding carboxylic acids is 3. The summed E-state index contributed by atoms with van der Waals surface area (Å²) in [5.74, 6) is -0.582. The van der Waals surface area contributed by atoms with E-state index in [-0.39, 0.29) is 11.8 Å². The molecule has 1 fully saturated rings. The summed E-state index contributed by atoms with van der Waals surface area (Å²) in [5.41, 5.74) is 2.82. The van der Waals surface area contributed by atoms with Gasteiger partial charge in [0.25, 0.3) is 5.91 Å². The number of hydrogen-bond acceptors (Lipinski definition) is 4. The van der Waals surface area contributed by atoms with Gasteiger partial charge in [0.2, 0.25) is 5.91 Å². The van der Waals surface area contributed by atoms with Gasteiger partial charge in [-0.15, -0.1) is 0 Å². The van der Waals surface area contributed by atoms with Gasteiger partial charge in [-0.05, 0) is 68.1 Å². The Bertz CT molecular complexity index is 908. The summed E-state index contributed by atoms with van der Waals surface area (Å²) >= 11 is 0. The number of rotatable bonds is 5. The molecule has 2 aromatic rings. The third-order valence-electron chi connectivity index (χ3n) is 4.35. The Kier molecular flexibility index (Phi) is 6.22. The molecule has 0 aliphatic heterocycles. The first kappa shape index (κ1) is 19.4. The van der Waals surface area contributed by atoms with Crippen LogP contribution < -0.4 is 15.4 Å². The van der Waals surface area contributed by atoms with Crippen LogP contribution in [0.3, 0.4) is 0 Å². The van der Waals surface area contributed by atoms with Gasteiger partial charge >= 0.3 is 5.97 Å². The second kappa shape index (κ2) is 8.99. The number of anilines is 2. The molecule has 0 unspecified atom stereocenters. The van der Waals surface area contributed by atoms with Gasteiger partial charge in [-0.3, -0.25) is 14.4 Å². The molecular formula is C22H22N2O4. The quantitative estimate of drug-likeness (QED) is 0.461. The Morgan fingerprint density at radius 2 is 1.57 bits per heavy atom. The van der Waals surface area contributed by atoms with Crippen LogP contribution in [-0.2, 0) is 9.59 Å². The van der Waals surface area contributed by atoms with Crippen molar-refractivity contribution in [1.82, 2.24) is 0 Å². The lowest BCUT2D eigenvalue weighted by atomic mass is 10.2. The molecule has 0 radical (unpaired) electrons. The zero-order valence-electron chi connectivity index (χ0n) is 15.7. The van der Waals surface area contributed by atoms with E-state index < -0.39 is 5.97 Å². The summed E-state index contributed by atoms with van der Waals surface area (Å²) < 4.78 is 4.99. The molecule has 1 saturated carbocycles. The topological polar surface area (TPSA) is 84.5 Å². The van der Waals surface area contributed by atoms with Crippen LogP contribution in [0, 0.1) is 0 Å². The van der Waals surface area contributed by atoms with E-state index in [0.717, 1.165) is 25.7 Å². The number of amides is 2. The van der Waals surface area contributed by atoms with Gasteiger partial charge < -0.3 is 15.4 Å². The van der Waals surface area contributed by atoms with Crippen molar-refractivity contribution in [1.29, 1.82) is 0 Å². The van der Waals surface area contributed by atoms with E-state index in [4.69, 9.17) is 4.74 Å². The van der Waals surface area contributed by atoms with Crippen molar-refractivity contribution in [3.05, 3.63) is 65.7 Å². The van der Waals surface area contributed by atoms with E-state index >= 15 is 0 Å². The third-order valence-corrected chi connectivity index (χ3v) is 4.35. The zero-order chi connectivity index (χ0) is 19.9. The lowest BCUT2D eigenvalue weighted by Crippen LogP contribution is -2.13. The highest BCUT2D eigenvalue weighted by Gasteiger charge is 2.10. The van der Waals surface area contributed by atoms with Gasteiger partial charge in [0, 0.05) is 29.9 Å². The fourth-order valence-electron chi connectivity index (χ4n) is 3.04. The number of esters is 1. The monoisotopic (exact) mass is 378 g/mol. The molecule has 28 heavy (non-hydrogen) atoms. The Morgan fingerprint density at radius 3 is 2.21 bits per heavy atom. The molecule has 0 aromatic heterocycles. The van der Waals surface area contributed by atoms with Crippen molar-refractivity contribution in [2.45, 2.75) is 32.6 Å². The molecule has 144 valence electrons. The van der Waals surface area contributed by atoms with E-state index in [1.165, 1.54) is 18.6 Å². The normalized spacial score (nSPS) is 13.0. The van der Waals surface area contributed by atoms with Gasteiger partial charge in [0.05, 0.1) is 0 Å². The molecule has 0 heterocycles. The predicted octanol–water partition coefficient (Wildman–Crippen LogP) is 4.30. The van der Waals surface area contributed by atoms with Crippen molar-refractivity contribution in [2.75, 3.05) is 10.6 Å². The predicted molar refractivity (Wildman–Crippen MR) is 107 cm³/mol. The van der Waals surface area contributed by atoms with Gasteiger partial charge in [-0.1, -0.05) is 11.6 Å². The van der Waals surface area contributed by atoms with E-state index in [1.54, 1.807) is 48.5 Å². The molecular weight excluding hydrogens is 356 g/mol. The largest absolute Gasteiger partial charge is 0.427 e. The smallest absolute Gasteiger partial charge is 0.308 e. The highest BCUT2D eigenvalue weighted by molar-refractivity contribution is 6.05. The maximum Gasteiger partial charge on any atom is 0.308 e. The van der Waals surface area contributed by atoms with Crippen molar-refractivity contribution in [2.24, 2.45) is 0 Å². The summed E-state index contributed by atoms with van der Waals surface area (Å²) in [6.07, 6.45) is 5.97. The fraction of sp³-hybridized carbons (Fsp3) is 0.227. The molecule has 1 aliphatic rings. The van der Waals surface area contributed by atoms with Gasteiger partial charge in [0.1, 0.15) is 5.75 Å². The summed E-state index contributed by atoms with van der Waals surface area (Å²) in [6.45, 7) is 1.30. The highest BCUT2D eigenvalue weighted by Crippen LogP contribution is 2.24. The number of benzene rings is 2. The fourth-order valence-corrected chi connectivity index (χ4v) is 3.04. The first-order valence-corrected chi connectivity index (χ1v) is 9.20. The Balaban J connectivity index is 1.59. The molecule has 0 saturated heterocycles. The Labute approximate surface area is 163 Å². The molecule has 2 N–H and O–H groups in total. The maximum atomic E-state index is 12.4. The van der Waals surface area contributed by atoms with Crippen LogP contribution in [0.5, 0.6) is 5.75 Å². The van der Waals surface area contributed by atoms with Gasteiger partial charge in [-0.25, -0.2) is 0 Å². The number of allylic oxidation sites excluding steroid dienone is 1. The molecule has 6 nitrogen and oxygen atoms in total. The van der Waals surface area contributed by atoms with Crippen molar-refractivity contribution < 1.29 is 19.1 Å². The van der Waals surface area contributed by atoms with E-state index in [2.05, 4.69) is 10.6 Å².